The van der Waals surface area contributed by atoms with Crippen molar-refractivity contribution in [3.05, 3.63) is 0 Å². The van der Waals surface area contributed by atoms with E-state index in [1.807, 2.05) is 0 Å². The maximum absolute atomic E-state index is 12.1. The molecule has 0 spiro atoms. The van der Waals surface area contributed by atoms with E-state index in [4.69, 9.17) is 5.73 Å². The van der Waals surface area contributed by atoms with Crippen LogP contribution in [-0.4, -0.2) is 49.2 Å². The molecule has 0 amide bonds. The van der Waals surface area contributed by atoms with Crippen molar-refractivity contribution in [1.29, 1.82) is 0 Å². The lowest BCUT2D eigenvalue weighted by atomic mass is 10.2. The monoisotopic (exact) mass is 269 g/mol. The lowest BCUT2D eigenvalue weighted by Crippen LogP contribution is -2.42. The van der Waals surface area contributed by atoms with Crippen LogP contribution in [0.4, 0.5) is 0 Å². The molecule has 2 atom stereocenters. The van der Waals surface area contributed by atoms with Crippen LogP contribution in [0, 0.1) is 5.92 Å². The molecule has 96 valence electrons. The summed E-state index contributed by atoms with van der Waals surface area (Å²) in [5.41, 5.74) is 5.72. The summed E-state index contributed by atoms with van der Waals surface area (Å²) < 4.78 is 27.4. The number of nitrogens with two attached hydrogens (primary N) is 1. The zero-order valence-corrected chi connectivity index (χ0v) is 11.1. The first-order valence-corrected chi connectivity index (χ1v) is 6.90. The van der Waals surface area contributed by atoms with Gasteiger partial charge in [-0.1, -0.05) is 6.92 Å². The molecule has 0 bridgehead atoms. The molecule has 2 fully saturated rings. The third kappa shape index (κ3) is 2.68. The van der Waals surface area contributed by atoms with Crippen LogP contribution in [0.2, 0.25) is 0 Å². The van der Waals surface area contributed by atoms with Gasteiger partial charge in [0.05, 0.1) is 0 Å². The normalized spacial score (nSPS) is 32.9. The minimum absolute atomic E-state index is 0. The van der Waals surface area contributed by atoms with Crippen LogP contribution in [0.1, 0.15) is 19.8 Å². The average molecular weight is 270 g/mol. The highest BCUT2D eigenvalue weighted by Crippen LogP contribution is 2.23. The van der Waals surface area contributed by atoms with E-state index >= 15 is 0 Å². The van der Waals surface area contributed by atoms with Crippen LogP contribution in [0.3, 0.4) is 0 Å². The zero-order chi connectivity index (χ0) is 11.1. The molecule has 2 rings (SSSR count). The van der Waals surface area contributed by atoms with E-state index in [2.05, 4.69) is 6.92 Å². The Balaban J connectivity index is 0.00000128. The highest BCUT2D eigenvalue weighted by molar-refractivity contribution is 7.86. The minimum Gasteiger partial charge on any atom is -0.326 e. The fourth-order valence-corrected chi connectivity index (χ4v) is 4.05. The molecule has 0 aromatic heterocycles. The third-order valence-electron chi connectivity index (χ3n) is 3.23. The first-order valence-electron chi connectivity index (χ1n) is 5.51. The summed E-state index contributed by atoms with van der Waals surface area (Å²) in [7, 11) is -3.22. The van der Waals surface area contributed by atoms with Gasteiger partial charge in [0.25, 0.3) is 10.2 Å². The lowest BCUT2D eigenvalue weighted by molar-refractivity contribution is 0.389. The Morgan fingerprint density at radius 2 is 1.69 bits per heavy atom. The average Bonchev–Trinajstić information content (AvgIpc) is 2.74. The van der Waals surface area contributed by atoms with Gasteiger partial charge in [-0.3, -0.25) is 0 Å². The van der Waals surface area contributed by atoms with Crippen molar-refractivity contribution in [2.24, 2.45) is 11.7 Å². The Labute approximate surface area is 104 Å². The standard InChI is InChI=1S/C9H19N3O2S.ClH/c1-8-2-4-11(6-8)15(13,14)12-5-3-9(10)7-12;/h8-9H,2-7,10H2,1H3;1H. The van der Waals surface area contributed by atoms with Crippen LogP contribution in [0.25, 0.3) is 0 Å². The molecule has 5 nitrogen and oxygen atoms in total. The van der Waals surface area contributed by atoms with Gasteiger partial charge in [0.15, 0.2) is 0 Å². The molecule has 2 aliphatic rings. The Kier molecular flexibility index (Phi) is 4.59. The minimum atomic E-state index is -3.22. The van der Waals surface area contributed by atoms with E-state index < -0.39 is 10.2 Å². The van der Waals surface area contributed by atoms with Gasteiger partial charge in [0.1, 0.15) is 0 Å². The molecule has 0 aromatic rings. The van der Waals surface area contributed by atoms with Gasteiger partial charge in [0.2, 0.25) is 0 Å². The summed E-state index contributed by atoms with van der Waals surface area (Å²) in [6.45, 7) is 4.47. The van der Waals surface area contributed by atoms with Crippen LogP contribution < -0.4 is 5.73 Å². The number of hydrogen-bond donors (Lipinski definition) is 1. The zero-order valence-electron chi connectivity index (χ0n) is 9.50. The Bertz CT molecular complexity index is 310. The van der Waals surface area contributed by atoms with Crippen molar-refractivity contribution in [3.63, 3.8) is 0 Å². The highest BCUT2D eigenvalue weighted by atomic mass is 35.5. The topological polar surface area (TPSA) is 66.6 Å². The van der Waals surface area contributed by atoms with Crippen molar-refractivity contribution < 1.29 is 8.42 Å². The van der Waals surface area contributed by atoms with E-state index in [1.165, 1.54) is 4.31 Å². The third-order valence-corrected chi connectivity index (χ3v) is 5.20. The summed E-state index contributed by atoms with van der Waals surface area (Å²) in [5, 5.41) is 0. The lowest BCUT2D eigenvalue weighted by Gasteiger charge is -2.23. The molecular formula is C9H20ClN3O2S. The smallest absolute Gasteiger partial charge is 0.282 e. The fraction of sp³-hybridized carbons (Fsp3) is 1.00. The quantitative estimate of drug-likeness (QED) is 0.769. The second kappa shape index (κ2) is 5.18. The number of hydrogen-bond acceptors (Lipinski definition) is 3. The number of halogens is 1. The number of rotatable bonds is 2. The molecule has 0 radical (unpaired) electrons. The van der Waals surface area contributed by atoms with Gasteiger partial charge >= 0.3 is 0 Å². The predicted octanol–water partition coefficient (Wildman–Crippen LogP) is 0.0278. The van der Waals surface area contributed by atoms with E-state index in [0.29, 0.717) is 32.1 Å². The molecular weight excluding hydrogens is 250 g/mol. The Morgan fingerprint density at radius 1 is 1.12 bits per heavy atom. The Hall–Kier alpha value is 0.120. The van der Waals surface area contributed by atoms with E-state index in [-0.39, 0.29) is 18.4 Å². The largest absolute Gasteiger partial charge is 0.326 e. The highest BCUT2D eigenvalue weighted by Gasteiger charge is 2.37. The van der Waals surface area contributed by atoms with Crippen LogP contribution in [-0.2, 0) is 10.2 Å². The second-order valence-electron chi connectivity index (χ2n) is 4.67. The molecule has 16 heavy (non-hydrogen) atoms. The number of nitrogens with zero attached hydrogens (tertiary/aromatic N) is 2. The second-order valence-corrected chi connectivity index (χ2v) is 6.59. The van der Waals surface area contributed by atoms with Crippen molar-refractivity contribution in [2.45, 2.75) is 25.8 Å². The van der Waals surface area contributed by atoms with Crippen LogP contribution in [0.5, 0.6) is 0 Å². The molecule has 2 N–H and O–H groups in total. The van der Waals surface area contributed by atoms with Gasteiger partial charge in [-0.25, -0.2) is 0 Å². The molecule has 2 heterocycles. The molecule has 2 saturated heterocycles. The van der Waals surface area contributed by atoms with Gasteiger partial charge in [-0.05, 0) is 18.8 Å². The van der Waals surface area contributed by atoms with E-state index in [9.17, 15) is 8.42 Å². The van der Waals surface area contributed by atoms with Crippen LogP contribution in [0.15, 0.2) is 0 Å². The van der Waals surface area contributed by atoms with Crippen LogP contribution >= 0.6 is 12.4 Å². The first-order chi connectivity index (χ1) is 7.00. The molecule has 2 aliphatic heterocycles. The summed E-state index contributed by atoms with van der Waals surface area (Å²) in [6.07, 6.45) is 1.75. The van der Waals surface area contributed by atoms with Crippen molar-refractivity contribution in [3.8, 4) is 0 Å². The molecule has 0 saturated carbocycles. The fourth-order valence-electron chi connectivity index (χ4n) is 2.23. The maximum Gasteiger partial charge on any atom is 0.282 e. The van der Waals surface area contributed by atoms with E-state index in [1.54, 1.807) is 4.31 Å². The van der Waals surface area contributed by atoms with Crippen molar-refractivity contribution in [2.75, 3.05) is 26.2 Å². The summed E-state index contributed by atoms with van der Waals surface area (Å²) in [4.78, 5) is 0. The molecule has 2 unspecified atom stereocenters. The van der Waals surface area contributed by atoms with Crippen molar-refractivity contribution in [1.82, 2.24) is 8.61 Å². The summed E-state index contributed by atoms with van der Waals surface area (Å²) in [6, 6.07) is 0.0137. The summed E-state index contributed by atoms with van der Waals surface area (Å²) >= 11 is 0. The van der Waals surface area contributed by atoms with Gasteiger partial charge in [-0.2, -0.15) is 17.0 Å². The van der Waals surface area contributed by atoms with Gasteiger partial charge in [-0.15, -0.1) is 12.4 Å². The molecule has 7 heteroatoms. The first kappa shape index (κ1) is 14.2. The van der Waals surface area contributed by atoms with Gasteiger partial charge in [0, 0.05) is 32.2 Å². The predicted molar refractivity (Wildman–Crippen MR) is 65.7 cm³/mol. The molecule has 0 aliphatic carbocycles. The van der Waals surface area contributed by atoms with Crippen molar-refractivity contribution >= 4 is 22.6 Å². The molecule has 0 aromatic carbocycles. The maximum atomic E-state index is 12.1. The van der Waals surface area contributed by atoms with Gasteiger partial charge < -0.3 is 5.73 Å². The SMILES string of the molecule is CC1CCN(S(=O)(=O)N2CCC(N)C2)C1.Cl. The van der Waals surface area contributed by atoms with E-state index in [0.717, 1.165) is 12.8 Å². The Morgan fingerprint density at radius 3 is 2.12 bits per heavy atom. The summed E-state index contributed by atoms with van der Waals surface area (Å²) in [5.74, 6) is 0.482.